The highest BCUT2D eigenvalue weighted by molar-refractivity contribution is 7.15. The second-order valence-electron chi connectivity index (χ2n) is 5.02. The molecule has 1 aromatic carbocycles. The van der Waals surface area contributed by atoms with E-state index in [2.05, 4.69) is 15.4 Å². The molecular formula is C16H16N4OS. The van der Waals surface area contributed by atoms with Crippen LogP contribution in [0.15, 0.2) is 48.9 Å². The van der Waals surface area contributed by atoms with Crippen LogP contribution in [0.25, 0.3) is 11.1 Å². The number of nitrogens with one attached hydrogen (secondary N) is 1. The number of amides is 1. The van der Waals surface area contributed by atoms with Crippen LogP contribution in [0.3, 0.4) is 0 Å². The molecule has 0 spiro atoms. The van der Waals surface area contributed by atoms with Crippen LogP contribution < -0.4 is 5.32 Å². The summed E-state index contributed by atoms with van der Waals surface area (Å²) in [5.41, 5.74) is 2.07. The van der Waals surface area contributed by atoms with E-state index in [0.717, 1.165) is 16.0 Å². The highest BCUT2D eigenvalue weighted by atomic mass is 32.1. The molecule has 1 N–H and O–H groups in total. The zero-order valence-corrected chi connectivity index (χ0v) is 13.2. The number of anilines is 1. The van der Waals surface area contributed by atoms with Crippen LogP contribution in [0.5, 0.6) is 0 Å². The average Bonchev–Trinajstić information content (AvgIpc) is 3.17. The number of carbonyl (C=O) groups is 1. The Bertz CT molecular complexity index is 778. The minimum atomic E-state index is -0.401. The third-order valence-electron chi connectivity index (χ3n) is 3.34. The molecule has 2 aromatic heterocycles. The molecule has 1 amide bonds. The van der Waals surface area contributed by atoms with Crippen molar-refractivity contribution in [1.82, 2.24) is 14.8 Å². The smallest absolute Gasteiger partial charge is 0.250 e. The first-order valence-corrected chi connectivity index (χ1v) is 7.78. The van der Waals surface area contributed by atoms with Crippen molar-refractivity contribution in [3.05, 3.63) is 53.8 Å². The molecule has 0 saturated carbocycles. The summed E-state index contributed by atoms with van der Waals surface area (Å²) in [5.74, 6) is -0.128. The van der Waals surface area contributed by atoms with Gasteiger partial charge in [0.05, 0.1) is 6.20 Å². The highest BCUT2D eigenvalue weighted by Crippen LogP contribution is 2.21. The van der Waals surface area contributed by atoms with E-state index in [1.54, 1.807) is 17.1 Å². The normalized spacial score (nSPS) is 12.1. The van der Waals surface area contributed by atoms with Crippen LogP contribution in [0.2, 0.25) is 0 Å². The van der Waals surface area contributed by atoms with Crippen molar-refractivity contribution in [3.63, 3.8) is 0 Å². The van der Waals surface area contributed by atoms with E-state index in [4.69, 9.17) is 0 Å². The molecule has 3 aromatic rings. The average molecular weight is 312 g/mol. The van der Waals surface area contributed by atoms with Gasteiger partial charge in [0.15, 0.2) is 5.13 Å². The van der Waals surface area contributed by atoms with E-state index >= 15 is 0 Å². The van der Waals surface area contributed by atoms with Gasteiger partial charge in [0.2, 0.25) is 0 Å². The van der Waals surface area contributed by atoms with Gasteiger partial charge in [0, 0.05) is 22.8 Å². The van der Waals surface area contributed by atoms with E-state index in [1.165, 1.54) is 11.3 Å². The van der Waals surface area contributed by atoms with E-state index in [0.29, 0.717) is 5.13 Å². The summed E-state index contributed by atoms with van der Waals surface area (Å²) in [6.45, 7) is 3.77. The molecule has 3 rings (SSSR count). The molecule has 0 aliphatic rings. The summed E-state index contributed by atoms with van der Waals surface area (Å²) >= 11 is 1.46. The molecular weight excluding hydrogens is 296 g/mol. The Kier molecular flexibility index (Phi) is 4.02. The van der Waals surface area contributed by atoms with Crippen molar-refractivity contribution in [2.75, 3.05) is 5.32 Å². The van der Waals surface area contributed by atoms with Gasteiger partial charge in [0.1, 0.15) is 6.04 Å². The summed E-state index contributed by atoms with van der Waals surface area (Å²) in [6, 6.07) is 9.57. The Morgan fingerprint density at radius 2 is 2.00 bits per heavy atom. The maximum Gasteiger partial charge on any atom is 0.250 e. The molecule has 1 atom stereocenters. The quantitative estimate of drug-likeness (QED) is 0.802. The van der Waals surface area contributed by atoms with Gasteiger partial charge in [-0.3, -0.25) is 9.48 Å². The van der Waals surface area contributed by atoms with Crippen molar-refractivity contribution in [3.8, 4) is 11.1 Å². The van der Waals surface area contributed by atoms with Gasteiger partial charge in [-0.1, -0.05) is 30.3 Å². The fraction of sp³-hybridized carbons (Fsp3) is 0.188. The number of carbonyl (C=O) groups excluding carboxylic acids is 1. The number of thiazole rings is 1. The first-order chi connectivity index (χ1) is 10.6. The van der Waals surface area contributed by atoms with Gasteiger partial charge >= 0.3 is 0 Å². The second kappa shape index (κ2) is 6.11. The van der Waals surface area contributed by atoms with E-state index in [-0.39, 0.29) is 5.91 Å². The SMILES string of the molecule is Cc1cnc(NC(=O)[C@H](C)n2cc(-c3ccccc3)cn2)s1. The van der Waals surface area contributed by atoms with Gasteiger partial charge in [-0.05, 0) is 19.4 Å². The van der Waals surface area contributed by atoms with E-state index in [1.807, 2.05) is 50.4 Å². The first-order valence-electron chi connectivity index (χ1n) is 6.96. The topological polar surface area (TPSA) is 59.8 Å². The number of benzene rings is 1. The van der Waals surface area contributed by atoms with Crippen LogP contribution in [-0.2, 0) is 4.79 Å². The summed E-state index contributed by atoms with van der Waals surface area (Å²) in [4.78, 5) is 17.5. The van der Waals surface area contributed by atoms with Crippen molar-refractivity contribution in [2.45, 2.75) is 19.9 Å². The van der Waals surface area contributed by atoms with Crippen LogP contribution in [0.1, 0.15) is 17.8 Å². The molecule has 0 fully saturated rings. The number of hydrogen-bond acceptors (Lipinski definition) is 4. The van der Waals surface area contributed by atoms with E-state index in [9.17, 15) is 4.79 Å². The molecule has 5 nitrogen and oxygen atoms in total. The van der Waals surface area contributed by atoms with Gasteiger partial charge in [-0.2, -0.15) is 5.10 Å². The van der Waals surface area contributed by atoms with Crippen LogP contribution in [0, 0.1) is 6.92 Å². The Balaban J connectivity index is 1.73. The van der Waals surface area contributed by atoms with Crippen LogP contribution >= 0.6 is 11.3 Å². The summed E-state index contributed by atoms with van der Waals surface area (Å²) in [7, 11) is 0. The maximum absolute atomic E-state index is 12.3. The summed E-state index contributed by atoms with van der Waals surface area (Å²) < 4.78 is 1.66. The number of aryl methyl sites for hydroxylation is 1. The lowest BCUT2D eigenvalue weighted by atomic mass is 10.1. The highest BCUT2D eigenvalue weighted by Gasteiger charge is 2.17. The molecule has 0 unspecified atom stereocenters. The summed E-state index contributed by atoms with van der Waals surface area (Å²) in [5, 5.41) is 7.73. The Hall–Kier alpha value is -2.47. The third kappa shape index (κ3) is 3.07. The molecule has 2 heterocycles. The maximum atomic E-state index is 12.3. The number of rotatable bonds is 4. The van der Waals surface area contributed by atoms with Crippen molar-refractivity contribution >= 4 is 22.4 Å². The Morgan fingerprint density at radius 1 is 1.23 bits per heavy atom. The molecule has 112 valence electrons. The molecule has 0 bridgehead atoms. The third-order valence-corrected chi connectivity index (χ3v) is 4.16. The standard InChI is InChI=1S/C16H16N4OS/c1-11-8-17-16(22-11)19-15(21)12(2)20-10-14(9-18-20)13-6-4-3-5-7-13/h3-10,12H,1-2H3,(H,17,19,21)/t12-/m0/s1. The van der Waals surface area contributed by atoms with Gasteiger partial charge < -0.3 is 5.32 Å². The molecule has 6 heteroatoms. The fourth-order valence-corrected chi connectivity index (χ4v) is 2.74. The molecule has 0 aliphatic heterocycles. The van der Waals surface area contributed by atoms with Crippen molar-refractivity contribution in [2.24, 2.45) is 0 Å². The van der Waals surface area contributed by atoms with Gasteiger partial charge in [-0.25, -0.2) is 4.98 Å². The number of hydrogen-bond donors (Lipinski definition) is 1. The Morgan fingerprint density at radius 3 is 2.68 bits per heavy atom. The second-order valence-corrected chi connectivity index (χ2v) is 6.25. The van der Waals surface area contributed by atoms with Crippen LogP contribution in [-0.4, -0.2) is 20.7 Å². The molecule has 0 radical (unpaired) electrons. The van der Waals surface area contributed by atoms with Crippen LogP contribution in [0.4, 0.5) is 5.13 Å². The monoisotopic (exact) mass is 312 g/mol. The molecule has 22 heavy (non-hydrogen) atoms. The van der Waals surface area contributed by atoms with Gasteiger partial charge in [-0.15, -0.1) is 11.3 Å². The zero-order valence-electron chi connectivity index (χ0n) is 12.4. The lowest BCUT2D eigenvalue weighted by Gasteiger charge is -2.10. The lowest BCUT2D eigenvalue weighted by Crippen LogP contribution is -2.23. The van der Waals surface area contributed by atoms with Crippen molar-refractivity contribution in [1.29, 1.82) is 0 Å². The largest absolute Gasteiger partial charge is 0.300 e. The van der Waals surface area contributed by atoms with Crippen molar-refractivity contribution < 1.29 is 4.79 Å². The molecule has 0 aliphatic carbocycles. The minimum absolute atomic E-state index is 0.128. The summed E-state index contributed by atoms with van der Waals surface area (Å²) in [6.07, 6.45) is 5.39. The predicted octanol–water partition coefficient (Wildman–Crippen LogP) is 3.51. The zero-order chi connectivity index (χ0) is 15.5. The minimum Gasteiger partial charge on any atom is -0.300 e. The number of nitrogens with zero attached hydrogens (tertiary/aromatic N) is 3. The first kappa shape index (κ1) is 14.5. The van der Waals surface area contributed by atoms with E-state index < -0.39 is 6.04 Å². The fourth-order valence-electron chi connectivity index (χ4n) is 2.07. The Labute approximate surface area is 132 Å². The lowest BCUT2D eigenvalue weighted by molar-refractivity contribution is -0.119. The molecule has 0 saturated heterocycles. The number of aromatic nitrogens is 3. The van der Waals surface area contributed by atoms with Gasteiger partial charge in [0.25, 0.3) is 5.91 Å². The predicted molar refractivity (Wildman–Crippen MR) is 87.9 cm³/mol.